The molecule has 2 aromatic rings. The first-order valence-electron chi connectivity index (χ1n) is 9.83. The molecule has 3 amide bonds. The number of rotatable bonds is 9. The first kappa shape index (κ1) is 22.7. The van der Waals surface area contributed by atoms with Crippen LogP contribution in [0, 0.1) is 0 Å². The Morgan fingerprint density at radius 2 is 1.77 bits per heavy atom. The normalized spacial score (nSPS) is 11.3. The monoisotopic (exact) mass is 413 g/mol. The molecule has 0 aliphatic rings. The van der Waals surface area contributed by atoms with Crippen LogP contribution in [0.1, 0.15) is 25.8 Å². The maximum Gasteiger partial charge on any atom is 0.407 e. The molecule has 0 aliphatic heterocycles. The van der Waals surface area contributed by atoms with Gasteiger partial charge in [0.2, 0.25) is 0 Å². The second kappa shape index (κ2) is 11.5. The van der Waals surface area contributed by atoms with Crippen molar-refractivity contribution in [3.05, 3.63) is 54.1 Å². The van der Waals surface area contributed by atoms with Crippen molar-refractivity contribution in [2.24, 2.45) is 0 Å². The van der Waals surface area contributed by atoms with Crippen LogP contribution in [-0.2, 0) is 16.0 Å². The summed E-state index contributed by atoms with van der Waals surface area (Å²) < 4.78 is 4.75. The molecule has 8 heteroatoms. The summed E-state index contributed by atoms with van der Waals surface area (Å²) in [5, 5.41) is 17.2. The Balaban J connectivity index is 2.06. The molecule has 0 heterocycles. The molecule has 8 nitrogen and oxygen atoms in total. The van der Waals surface area contributed by atoms with Crippen molar-refractivity contribution in [3.63, 3.8) is 0 Å². The van der Waals surface area contributed by atoms with Gasteiger partial charge in [0.05, 0.1) is 6.61 Å². The van der Waals surface area contributed by atoms with E-state index in [1.165, 1.54) is 0 Å². The van der Waals surface area contributed by atoms with Crippen LogP contribution in [0.4, 0.5) is 15.3 Å². The fraction of sp³-hybridized carbons (Fsp3) is 0.318. The number of ether oxygens (including phenoxy) is 1. The van der Waals surface area contributed by atoms with E-state index >= 15 is 0 Å². The Bertz CT molecular complexity index is 867. The zero-order valence-electron chi connectivity index (χ0n) is 17.1. The molecule has 0 aromatic heterocycles. The number of aliphatic carboxylic acids is 1. The van der Waals surface area contributed by atoms with Gasteiger partial charge in [0, 0.05) is 18.7 Å². The van der Waals surface area contributed by atoms with Crippen molar-refractivity contribution in [1.82, 2.24) is 10.6 Å². The SMILES string of the molecule is CCCNC(=O)Nc1cccc(-c2ccc(C[C@H](NC(=O)OCC)C(=O)O)cc2)c1. The lowest BCUT2D eigenvalue weighted by molar-refractivity contribution is -0.139. The van der Waals surface area contributed by atoms with Crippen LogP contribution in [0.5, 0.6) is 0 Å². The predicted molar refractivity (Wildman–Crippen MR) is 114 cm³/mol. The van der Waals surface area contributed by atoms with Crippen LogP contribution in [0.3, 0.4) is 0 Å². The molecule has 0 radical (unpaired) electrons. The fourth-order valence-corrected chi connectivity index (χ4v) is 2.77. The molecule has 2 rings (SSSR count). The number of anilines is 1. The minimum atomic E-state index is -1.13. The molecule has 0 fully saturated rings. The van der Waals surface area contributed by atoms with Gasteiger partial charge < -0.3 is 25.8 Å². The number of alkyl carbamates (subject to hydrolysis) is 1. The number of carbonyl (C=O) groups excluding carboxylic acids is 2. The van der Waals surface area contributed by atoms with Crippen molar-refractivity contribution in [1.29, 1.82) is 0 Å². The molecular weight excluding hydrogens is 386 g/mol. The summed E-state index contributed by atoms with van der Waals surface area (Å²) >= 11 is 0. The number of hydrogen-bond acceptors (Lipinski definition) is 4. The van der Waals surface area contributed by atoms with E-state index in [-0.39, 0.29) is 19.1 Å². The number of hydrogen-bond donors (Lipinski definition) is 4. The van der Waals surface area contributed by atoms with Gasteiger partial charge in [-0.2, -0.15) is 0 Å². The smallest absolute Gasteiger partial charge is 0.407 e. The molecule has 30 heavy (non-hydrogen) atoms. The van der Waals surface area contributed by atoms with Gasteiger partial charge in [0.15, 0.2) is 0 Å². The quantitative estimate of drug-likeness (QED) is 0.501. The molecule has 1 atom stereocenters. The van der Waals surface area contributed by atoms with E-state index in [0.717, 1.165) is 23.1 Å². The van der Waals surface area contributed by atoms with Crippen molar-refractivity contribution < 1.29 is 24.2 Å². The Morgan fingerprint density at radius 3 is 2.40 bits per heavy atom. The first-order chi connectivity index (χ1) is 14.4. The third kappa shape index (κ3) is 7.12. The standard InChI is InChI=1S/C22H27N3O5/c1-3-12-23-21(28)24-18-7-5-6-17(14-18)16-10-8-15(9-11-16)13-19(20(26)27)25-22(29)30-4-2/h5-11,14,19H,3-4,12-13H2,1-2H3,(H,25,29)(H,26,27)(H2,23,24,28)/t19-/m0/s1. The summed E-state index contributed by atoms with van der Waals surface area (Å²) in [6.45, 7) is 4.41. The fourth-order valence-electron chi connectivity index (χ4n) is 2.77. The summed E-state index contributed by atoms with van der Waals surface area (Å²) in [7, 11) is 0. The highest BCUT2D eigenvalue weighted by molar-refractivity contribution is 5.90. The van der Waals surface area contributed by atoms with Crippen LogP contribution in [-0.4, -0.2) is 42.4 Å². The topological polar surface area (TPSA) is 117 Å². The Hall–Kier alpha value is -3.55. The van der Waals surface area contributed by atoms with E-state index in [9.17, 15) is 19.5 Å². The maximum absolute atomic E-state index is 11.8. The average Bonchev–Trinajstić information content (AvgIpc) is 2.72. The Kier molecular flexibility index (Phi) is 8.68. The lowest BCUT2D eigenvalue weighted by Gasteiger charge is -2.14. The minimum absolute atomic E-state index is 0.133. The molecule has 2 aromatic carbocycles. The zero-order valence-corrected chi connectivity index (χ0v) is 17.1. The lowest BCUT2D eigenvalue weighted by Crippen LogP contribution is -2.42. The number of carboxylic acids is 1. The van der Waals surface area contributed by atoms with Crippen molar-refractivity contribution in [2.45, 2.75) is 32.7 Å². The molecule has 0 aliphatic carbocycles. The van der Waals surface area contributed by atoms with Gasteiger partial charge in [0.25, 0.3) is 0 Å². The van der Waals surface area contributed by atoms with Gasteiger partial charge in [-0.15, -0.1) is 0 Å². The van der Waals surface area contributed by atoms with Gasteiger partial charge in [-0.1, -0.05) is 43.3 Å². The third-order valence-corrected chi connectivity index (χ3v) is 4.25. The highest BCUT2D eigenvalue weighted by Gasteiger charge is 2.21. The van der Waals surface area contributed by atoms with Crippen LogP contribution < -0.4 is 16.0 Å². The number of benzene rings is 2. The van der Waals surface area contributed by atoms with Crippen LogP contribution >= 0.6 is 0 Å². The minimum Gasteiger partial charge on any atom is -0.480 e. The van der Waals surface area contributed by atoms with E-state index in [4.69, 9.17) is 4.74 Å². The average molecular weight is 413 g/mol. The number of nitrogens with one attached hydrogen (secondary N) is 3. The molecule has 160 valence electrons. The first-order valence-corrected chi connectivity index (χ1v) is 9.83. The predicted octanol–water partition coefficient (Wildman–Crippen LogP) is 3.63. The third-order valence-electron chi connectivity index (χ3n) is 4.25. The number of urea groups is 1. The Labute approximate surface area is 175 Å². The largest absolute Gasteiger partial charge is 0.480 e. The van der Waals surface area contributed by atoms with E-state index in [1.54, 1.807) is 6.92 Å². The van der Waals surface area contributed by atoms with Gasteiger partial charge in [-0.3, -0.25) is 0 Å². The summed E-state index contributed by atoms with van der Waals surface area (Å²) in [6.07, 6.45) is 0.236. The molecular formula is C22H27N3O5. The summed E-state index contributed by atoms with van der Waals surface area (Å²) in [6, 6.07) is 13.5. The second-order valence-corrected chi connectivity index (χ2v) is 6.62. The summed E-state index contributed by atoms with van der Waals surface area (Å²) in [4.78, 5) is 34.8. The second-order valence-electron chi connectivity index (χ2n) is 6.62. The van der Waals surface area contributed by atoms with Gasteiger partial charge >= 0.3 is 18.1 Å². The van der Waals surface area contributed by atoms with Gasteiger partial charge in [0.1, 0.15) is 6.04 Å². The van der Waals surface area contributed by atoms with Crippen molar-refractivity contribution >= 4 is 23.8 Å². The van der Waals surface area contributed by atoms with E-state index in [1.807, 2.05) is 55.5 Å². The van der Waals surface area contributed by atoms with Gasteiger partial charge in [-0.25, -0.2) is 14.4 Å². The highest BCUT2D eigenvalue weighted by Crippen LogP contribution is 2.23. The lowest BCUT2D eigenvalue weighted by atomic mass is 10.0. The molecule has 0 unspecified atom stereocenters. The molecule has 4 N–H and O–H groups in total. The van der Waals surface area contributed by atoms with E-state index < -0.39 is 18.1 Å². The molecule has 0 saturated heterocycles. The van der Waals surface area contributed by atoms with Crippen LogP contribution in [0.2, 0.25) is 0 Å². The number of carbonyl (C=O) groups is 3. The maximum atomic E-state index is 11.8. The number of carboxylic acid groups (broad SMARTS) is 1. The molecule has 0 spiro atoms. The van der Waals surface area contributed by atoms with Crippen LogP contribution in [0.25, 0.3) is 11.1 Å². The van der Waals surface area contributed by atoms with Crippen LogP contribution in [0.15, 0.2) is 48.5 Å². The number of amides is 3. The summed E-state index contributed by atoms with van der Waals surface area (Å²) in [5.74, 6) is -1.13. The zero-order chi connectivity index (χ0) is 21.9. The van der Waals surface area contributed by atoms with Gasteiger partial charge in [-0.05, 0) is 42.2 Å². The van der Waals surface area contributed by atoms with E-state index in [0.29, 0.717) is 12.2 Å². The molecule has 0 saturated carbocycles. The summed E-state index contributed by atoms with van der Waals surface area (Å²) in [5.41, 5.74) is 3.27. The van der Waals surface area contributed by atoms with E-state index in [2.05, 4.69) is 16.0 Å². The highest BCUT2D eigenvalue weighted by atomic mass is 16.5. The van der Waals surface area contributed by atoms with Crippen molar-refractivity contribution in [2.75, 3.05) is 18.5 Å². The molecule has 0 bridgehead atoms. The Morgan fingerprint density at radius 1 is 1.03 bits per heavy atom. The van der Waals surface area contributed by atoms with Crippen molar-refractivity contribution in [3.8, 4) is 11.1 Å².